The van der Waals surface area contributed by atoms with E-state index in [1.807, 2.05) is 17.5 Å². The van der Waals surface area contributed by atoms with Crippen LogP contribution < -0.4 is 5.32 Å². The zero-order chi connectivity index (χ0) is 14.8. The number of benzene rings is 1. The molecule has 0 radical (unpaired) electrons. The van der Waals surface area contributed by atoms with Crippen molar-refractivity contribution in [3.8, 4) is 15.6 Å². The lowest BCUT2D eigenvalue weighted by atomic mass is 10.2. The highest BCUT2D eigenvalue weighted by atomic mass is 32.1. The molecule has 0 spiro atoms. The van der Waals surface area contributed by atoms with Crippen molar-refractivity contribution in [2.24, 2.45) is 0 Å². The van der Waals surface area contributed by atoms with Crippen LogP contribution in [0.4, 0.5) is 10.8 Å². The highest BCUT2D eigenvalue weighted by molar-refractivity contribution is 7.22. The topological polar surface area (TPSA) is 95.3 Å². The number of phenolic OH excluding ortho intramolecular Hbond substituents is 1. The molecule has 0 saturated carbocycles. The third-order valence-electron chi connectivity index (χ3n) is 2.64. The molecule has 0 aliphatic heterocycles. The molecule has 0 amide bonds. The van der Waals surface area contributed by atoms with Crippen molar-refractivity contribution in [2.75, 3.05) is 5.32 Å². The fraction of sp³-hybridized carbons (Fsp3) is 0. The minimum atomic E-state index is -1.09. The molecular formula is C13H9N3O3S2. The number of carbonyl (C=O) groups is 1. The number of phenols is 1. The zero-order valence-corrected chi connectivity index (χ0v) is 12.1. The van der Waals surface area contributed by atoms with E-state index in [0.717, 1.165) is 9.88 Å². The van der Waals surface area contributed by atoms with Crippen LogP contribution in [0.3, 0.4) is 0 Å². The van der Waals surface area contributed by atoms with Crippen LogP contribution in [-0.2, 0) is 0 Å². The molecule has 0 bridgehead atoms. The second-order valence-corrected chi connectivity index (χ2v) is 5.98. The number of anilines is 2. The van der Waals surface area contributed by atoms with E-state index < -0.39 is 5.97 Å². The van der Waals surface area contributed by atoms with E-state index in [0.29, 0.717) is 10.8 Å². The van der Waals surface area contributed by atoms with Gasteiger partial charge in [0.25, 0.3) is 0 Å². The predicted octanol–water partition coefficient (Wildman–Crippen LogP) is 3.41. The van der Waals surface area contributed by atoms with Crippen LogP contribution in [0.2, 0.25) is 0 Å². The lowest BCUT2D eigenvalue weighted by Gasteiger charge is -2.05. The summed E-state index contributed by atoms with van der Waals surface area (Å²) in [6.45, 7) is 0. The van der Waals surface area contributed by atoms with Gasteiger partial charge in [-0.1, -0.05) is 17.4 Å². The molecule has 0 unspecified atom stereocenters. The molecule has 0 aliphatic rings. The fourth-order valence-corrected chi connectivity index (χ4v) is 3.21. The van der Waals surface area contributed by atoms with E-state index in [-0.39, 0.29) is 11.3 Å². The van der Waals surface area contributed by atoms with Crippen molar-refractivity contribution in [1.29, 1.82) is 0 Å². The molecule has 0 atom stereocenters. The summed E-state index contributed by atoms with van der Waals surface area (Å²) in [4.78, 5) is 11.8. The molecule has 0 aliphatic carbocycles. The molecule has 1 aromatic carbocycles. The molecule has 106 valence electrons. The average Bonchev–Trinajstić information content (AvgIpc) is 3.11. The Morgan fingerprint density at radius 3 is 2.76 bits per heavy atom. The van der Waals surface area contributed by atoms with Crippen LogP contribution in [-0.4, -0.2) is 26.4 Å². The minimum Gasteiger partial charge on any atom is -0.506 e. The Kier molecular flexibility index (Phi) is 3.55. The highest BCUT2D eigenvalue weighted by Gasteiger charge is 2.11. The maximum absolute atomic E-state index is 10.8. The first kappa shape index (κ1) is 13.5. The molecule has 2 heterocycles. The summed E-state index contributed by atoms with van der Waals surface area (Å²) in [5.74, 6) is -1.24. The molecule has 0 fully saturated rings. The van der Waals surface area contributed by atoms with E-state index in [2.05, 4.69) is 15.5 Å². The average molecular weight is 319 g/mol. The van der Waals surface area contributed by atoms with Gasteiger partial charge in [0.1, 0.15) is 5.75 Å². The summed E-state index contributed by atoms with van der Waals surface area (Å²) in [7, 11) is 0. The molecular weight excluding hydrogens is 310 g/mol. The summed E-state index contributed by atoms with van der Waals surface area (Å²) < 4.78 is 0. The smallest absolute Gasteiger partial charge is 0.335 e. The molecule has 3 aromatic rings. The van der Waals surface area contributed by atoms with E-state index in [9.17, 15) is 9.90 Å². The Morgan fingerprint density at radius 2 is 2.10 bits per heavy atom. The Balaban J connectivity index is 1.82. The van der Waals surface area contributed by atoms with Crippen LogP contribution in [0.5, 0.6) is 5.75 Å². The van der Waals surface area contributed by atoms with Gasteiger partial charge >= 0.3 is 5.97 Å². The second kappa shape index (κ2) is 5.51. The van der Waals surface area contributed by atoms with Crippen molar-refractivity contribution in [3.63, 3.8) is 0 Å². The van der Waals surface area contributed by atoms with Crippen LogP contribution in [0.1, 0.15) is 10.4 Å². The SMILES string of the molecule is O=C(O)c1ccc(Nc2nnc(-c3cccs3)s2)c(O)c1. The Hall–Kier alpha value is -2.45. The van der Waals surface area contributed by atoms with Gasteiger partial charge in [-0.2, -0.15) is 0 Å². The van der Waals surface area contributed by atoms with Crippen LogP contribution in [0, 0.1) is 0 Å². The summed E-state index contributed by atoms with van der Waals surface area (Å²) >= 11 is 2.92. The monoisotopic (exact) mass is 319 g/mol. The van der Waals surface area contributed by atoms with Crippen molar-refractivity contribution in [3.05, 3.63) is 41.3 Å². The summed E-state index contributed by atoms with van der Waals surface area (Å²) in [5.41, 5.74) is 0.406. The van der Waals surface area contributed by atoms with Gasteiger partial charge in [-0.3, -0.25) is 0 Å². The first-order valence-electron chi connectivity index (χ1n) is 5.84. The number of thiophene rings is 1. The number of rotatable bonds is 4. The molecule has 21 heavy (non-hydrogen) atoms. The molecule has 3 rings (SSSR count). The lowest BCUT2D eigenvalue weighted by molar-refractivity contribution is 0.0696. The number of carboxylic acids is 1. The normalized spacial score (nSPS) is 10.5. The predicted molar refractivity (Wildman–Crippen MR) is 81.6 cm³/mol. The third-order valence-corrected chi connectivity index (χ3v) is 4.52. The quantitative estimate of drug-likeness (QED) is 0.638. The molecule has 6 nitrogen and oxygen atoms in total. The summed E-state index contributed by atoms with van der Waals surface area (Å²) in [6.07, 6.45) is 0. The fourth-order valence-electron chi connectivity index (χ4n) is 1.66. The van der Waals surface area contributed by atoms with Crippen molar-refractivity contribution >= 4 is 39.5 Å². The molecule has 3 N–H and O–H groups in total. The van der Waals surface area contributed by atoms with Gasteiger partial charge in [-0.15, -0.1) is 21.5 Å². The third kappa shape index (κ3) is 2.86. The highest BCUT2D eigenvalue weighted by Crippen LogP contribution is 2.33. The standard InChI is InChI=1S/C13H9N3O3S2/c17-9-6-7(12(18)19)3-4-8(9)14-13-16-15-11(21-13)10-2-1-5-20-10/h1-6,17H,(H,14,16)(H,18,19). The van der Waals surface area contributed by atoms with Gasteiger partial charge in [-0.25, -0.2) is 4.79 Å². The zero-order valence-electron chi connectivity index (χ0n) is 10.5. The maximum atomic E-state index is 10.8. The van der Waals surface area contributed by atoms with Crippen LogP contribution >= 0.6 is 22.7 Å². The number of nitrogens with zero attached hydrogens (tertiary/aromatic N) is 2. The Bertz CT molecular complexity index is 784. The Labute approximate surface area is 127 Å². The maximum Gasteiger partial charge on any atom is 0.335 e. The van der Waals surface area contributed by atoms with Gasteiger partial charge in [0.15, 0.2) is 5.01 Å². The first-order chi connectivity index (χ1) is 10.1. The molecule has 2 aromatic heterocycles. The van der Waals surface area contributed by atoms with Crippen molar-refractivity contribution in [2.45, 2.75) is 0 Å². The van der Waals surface area contributed by atoms with Crippen LogP contribution in [0.15, 0.2) is 35.7 Å². The number of hydrogen-bond acceptors (Lipinski definition) is 7. The number of aromatic hydroxyl groups is 1. The van der Waals surface area contributed by atoms with E-state index in [1.165, 1.54) is 29.5 Å². The van der Waals surface area contributed by atoms with Gasteiger partial charge in [0.05, 0.1) is 16.1 Å². The molecule has 0 saturated heterocycles. The second-order valence-electron chi connectivity index (χ2n) is 4.05. The number of aromatic nitrogens is 2. The number of carboxylic acid groups (broad SMARTS) is 1. The minimum absolute atomic E-state index is 0.0228. The van der Waals surface area contributed by atoms with E-state index >= 15 is 0 Å². The largest absolute Gasteiger partial charge is 0.506 e. The number of nitrogens with one attached hydrogen (secondary N) is 1. The summed E-state index contributed by atoms with van der Waals surface area (Å²) in [6, 6.07) is 7.97. The number of hydrogen-bond donors (Lipinski definition) is 3. The van der Waals surface area contributed by atoms with E-state index in [1.54, 1.807) is 11.3 Å². The van der Waals surface area contributed by atoms with Gasteiger partial charge < -0.3 is 15.5 Å². The Morgan fingerprint density at radius 1 is 1.24 bits per heavy atom. The van der Waals surface area contributed by atoms with E-state index in [4.69, 9.17) is 5.11 Å². The van der Waals surface area contributed by atoms with Gasteiger partial charge in [-0.05, 0) is 29.6 Å². The van der Waals surface area contributed by atoms with Gasteiger partial charge in [0.2, 0.25) is 5.13 Å². The van der Waals surface area contributed by atoms with Crippen molar-refractivity contribution in [1.82, 2.24) is 10.2 Å². The molecule has 8 heteroatoms. The van der Waals surface area contributed by atoms with Crippen LogP contribution in [0.25, 0.3) is 9.88 Å². The van der Waals surface area contributed by atoms with Gasteiger partial charge in [0, 0.05) is 0 Å². The first-order valence-corrected chi connectivity index (χ1v) is 7.54. The number of aromatic carboxylic acids is 1. The lowest BCUT2D eigenvalue weighted by Crippen LogP contribution is -1.97. The van der Waals surface area contributed by atoms with Crippen molar-refractivity contribution < 1.29 is 15.0 Å². The summed E-state index contributed by atoms with van der Waals surface area (Å²) in [5, 5.41) is 32.9.